The maximum absolute atomic E-state index is 12.3. The summed E-state index contributed by atoms with van der Waals surface area (Å²) in [5, 5.41) is 6.98. The monoisotopic (exact) mass is 328 g/mol. The number of rotatable bonds is 5. The molecule has 3 fully saturated rings. The highest BCUT2D eigenvalue weighted by atomic mass is 35.5. The molecule has 3 nitrogen and oxygen atoms in total. The van der Waals surface area contributed by atoms with Gasteiger partial charge in [-0.2, -0.15) is 0 Å². The number of amides is 1. The van der Waals surface area contributed by atoms with Crippen molar-refractivity contribution < 1.29 is 4.79 Å². The van der Waals surface area contributed by atoms with Gasteiger partial charge in [0.05, 0.1) is 0 Å². The summed E-state index contributed by atoms with van der Waals surface area (Å²) in [7, 11) is 0. The van der Waals surface area contributed by atoms with Crippen LogP contribution in [-0.2, 0) is 4.79 Å². The summed E-state index contributed by atoms with van der Waals surface area (Å²) in [5.74, 6) is 1.86. The number of piperidine rings is 1. The van der Waals surface area contributed by atoms with Crippen LogP contribution in [0.5, 0.6) is 0 Å². The van der Waals surface area contributed by atoms with Crippen LogP contribution in [0.2, 0.25) is 0 Å². The molecule has 2 bridgehead atoms. The van der Waals surface area contributed by atoms with E-state index in [0.29, 0.717) is 30.0 Å². The largest absolute Gasteiger partial charge is 0.353 e. The SMILES string of the molecule is CCCC1CCC(NC(=O)CC2CC3CCC(C2)N3)CC1.Cl. The van der Waals surface area contributed by atoms with E-state index in [4.69, 9.17) is 0 Å². The fourth-order valence-electron chi connectivity index (χ4n) is 4.89. The normalized spacial score (nSPS) is 37.4. The molecule has 3 aliphatic rings. The van der Waals surface area contributed by atoms with Crippen LogP contribution in [0.15, 0.2) is 0 Å². The number of carbonyl (C=O) groups is 1. The summed E-state index contributed by atoms with van der Waals surface area (Å²) >= 11 is 0. The molecular formula is C18H33ClN2O. The van der Waals surface area contributed by atoms with Gasteiger partial charge < -0.3 is 10.6 Å². The van der Waals surface area contributed by atoms with E-state index < -0.39 is 0 Å². The molecule has 4 heteroatoms. The Morgan fingerprint density at radius 3 is 2.23 bits per heavy atom. The molecule has 2 atom stereocenters. The molecule has 2 aliphatic heterocycles. The van der Waals surface area contributed by atoms with Crippen LogP contribution in [0.1, 0.15) is 77.6 Å². The van der Waals surface area contributed by atoms with Gasteiger partial charge in [0.25, 0.3) is 0 Å². The average Bonchev–Trinajstić information content (AvgIpc) is 2.80. The van der Waals surface area contributed by atoms with Crippen LogP contribution < -0.4 is 10.6 Å². The Hall–Kier alpha value is -0.280. The number of hydrogen-bond acceptors (Lipinski definition) is 2. The summed E-state index contributed by atoms with van der Waals surface area (Å²) in [5.41, 5.74) is 0. The third-order valence-electron chi connectivity index (χ3n) is 5.95. The zero-order valence-corrected chi connectivity index (χ0v) is 14.8. The third-order valence-corrected chi connectivity index (χ3v) is 5.95. The van der Waals surface area contributed by atoms with E-state index in [0.717, 1.165) is 12.3 Å². The highest BCUT2D eigenvalue weighted by molar-refractivity contribution is 5.85. The van der Waals surface area contributed by atoms with Gasteiger partial charge in [-0.15, -0.1) is 12.4 Å². The lowest BCUT2D eigenvalue weighted by Crippen LogP contribution is -2.42. The van der Waals surface area contributed by atoms with Crippen LogP contribution in [0.3, 0.4) is 0 Å². The smallest absolute Gasteiger partial charge is 0.220 e. The fourth-order valence-corrected chi connectivity index (χ4v) is 4.89. The van der Waals surface area contributed by atoms with E-state index in [1.54, 1.807) is 0 Å². The van der Waals surface area contributed by atoms with Crippen molar-refractivity contribution in [1.82, 2.24) is 10.6 Å². The fraction of sp³-hybridized carbons (Fsp3) is 0.944. The zero-order chi connectivity index (χ0) is 14.7. The number of nitrogens with one attached hydrogen (secondary N) is 2. The first-order valence-electron chi connectivity index (χ1n) is 9.28. The maximum Gasteiger partial charge on any atom is 0.220 e. The minimum atomic E-state index is 0. The van der Waals surface area contributed by atoms with Crippen LogP contribution in [0, 0.1) is 11.8 Å². The molecule has 0 aromatic rings. The van der Waals surface area contributed by atoms with Crippen molar-refractivity contribution in [3.63, 3.8) is 0 Å². The highest BCUT2D eigenvalue weighted by Crippen LogP contribution is 2.33. The van der Waals surface area contributed by atoms with Crippen molar-refractivity contribution in [1.29, 1.82) is 0 Å². The van der Waals surface area contributed by atoms with Gasteiger partial charge in [-0.25, -0.2) is 0 Å². The van der Waals surface area contributed by atoms with Crippen molar-refractivity contribution in [2.24, 2.45) is 11.8 Å². The predicted octanol–water partition coefficient (Wildman–Crippen LogP) is 3.80. The standard InChI is InChI=1S/C18H32N2O.ClH/c1-2-3-13-4-6-15(7-5-13)20-18(21)12-14-10-16-8-9-17(11-14)19-16;/h13-17,19H,2-12H2,1H3,(H,20,21);1H. The minimum absolute atomic E-state index is 0. The molecular weight excluding hydrogens is 296 g/mol. The molecule has 2 heterocycles. The van der Waals surface area contributed by atoms with Crippen LogP contribution >= 0.6 is 12.4 Å². The summed E-state index contributed by atoms with van der Waals surface area (Å²) in [6, 6.07) is 1.86. The van der Waals surface area contributed by atoms with E-state index in [1.165, 1.54) is 64.2 Å². The van der Waals surface area contributed by atoms with Crippen LogP contribution in [0.4, 0.5) is 0 Å². The molecule has 0 aromatic carbocycles. The van der Waals surface area contributed by atoms with Crippen molar-refractivity contribution >= 4 is 18.3 Å². The van der Waals surface area contributed by atoms with Crippen molar-refractivity contribution in [3.05, 3.63) is 0 Å². The first-order valence-corrected chi connectivity index (χ1v) is 9.28. The Morgan fingerprint density at radius 2 is 1.64 bits per heavy atom. The summed E-state index contributed by atoms with van der Waals surface area (Å²) in [4.78, 5) is 12.3. The number of fused-ring (bicyclic) bond motifs is 2. The van der Waals surface area contributed by atoms with Gasteiger partial charge in [0.2, 0.25) is 5.91 Å². The summed E-state index contributed by atoms with van der Waals surface area (Å²) in [6.45, 7) is 2.28. The molecule has 3 rings (SSSR count). The first kappa shape index (κ1) is 18.1. The average molecular weight is 329 g/mol. The van der Waals surface area contributed by atoms with E-state index in [9.17, 15) is 4.79 Å². The minimum Gasteiger partial charge on any atom is -0.353 e. The second kappa shape index (κ2) is 8.54. The van der Waals surface area contributed by atoms with Crippen LogP contribution in [0.25, 0.3) is 0 Å². The van der Waals surface area contributed by atoms with Gasteiger partial charge in [-0.1, -0.05) is 19.8 Å². The Bertz CT molecular complexity index is 343. The topological polar surface area (TPSA) is 41.1 Å². The summed E-state index contributed by atoms with van der Waals surface area (Å²) in [6.07, 6.45) is 13.6. The quantitative estimate of drug-likeness (QED) is 0.806. The van der Waals surface area contributed by atoms with Gasteiger partial charge in [-0.3, -0.25) is 4.79 Å². The maximum atomic E-state index is 12.3. The van der Waals surface area contributed by atoms with E-state index >= 15 is 0 Å². The molecule has 128 valence electrons. The van der Waals surface area contributed by atoms with E-state index in [-0.39, 0.29) is 12.4 Å². The Kier molecular flexibility index (Phi) is 7.01. The van der Waals surface area contributed by atoms with Crippen molar-refractivity contribution in [3.8, 4) is 0 Å². The molecule has 2 saturated heterocycles. The van der Waals surface area contributed by atoms with E-state index in [2.05, 4.69) is 17.6 Å². The van der Waals surface area contributed by atoms with Gasteiger partial charge in [0.15, 0.2) is 0 Å². The first-order chi connectivity index (χ1) is 10.2. The van der Waals surface area contributed by atoms with Gasteiger partial charge >= 0.3 is 0 Å². The van der Waals surface area contributed by atoms with E-state index in [1.807, 2.05) is 0 Å². The highest BCUT2D eigenvalue weighted by Gasteiger charge is 2.34. The lowest BCUT2D eigenvalue weighted by molar-refractivity contribution is -0.123. The molecule has 0 radical (unpaired) electrons. The molecule has 2 N–H and O–H groups in total. The van der Waals surface area contributed by atoms with Gasteiger partial charge in [0.1, 0.15) is 0 Å². The summed E-state index contributed by atoms with van der Waals surface area (Å²) < 4.78 is 0. The molecule has 1 aliphatic carbocycles. The number of halogens is 1. The van der Waals surface area contributed by atoms with Gasteiger partial charge in [0, 0.05) is 24.5 Å². The van der Waals surface area contributed by atoms with Crippen LogP contribution in [-0.4, -0.2) is 24.0 Å². The Balaban J connectivity index is 0.00000176. The Morgan fingerprint density at radius 1 is 1.00 bits per heavy atom. The predicted molar refractivity (Wildman–Crippen MR) is 93.3 cm³/mol. The number of hydrogen-bond donors (Lipinski definition) is 2. The lowest BCUT2D eigenvalue weighted by Gasteiger charge is -2.31. The van der Waals surface area contributed by atoms with Gasteiger partial charge in [-0.05, 0) is 63.2 Å². The van der Waals surface area contributed by atoms with Crippen molar-refractivity contribution in [2.45, 2.75) is 95.7 Å². The third kappa shape index (κ3) is 4.86. The Labute approximate surface area is 141 Å². The second-order valence-electron chi connectivity index (χ2n) is 7.75. The van der Waals surface area contributed by atoms with Crippen molar-refractivity contribution in [2.75, 3.05) is 0 Å². The second-order valence-corrected chi connectivity index (χ2v) is 7.75. The molecule has 22 heavy (non-hydrogen) atoms. The molecule has 0 spiro atoms. The molecule has 2 unspecified atom stereocenters. The molecule has 1 saturated carbocycles. The zero-order valence-electron chi connectivity index (χ0n) is 14.0. The number of carbonyl (C=O) groups excluding carboxylic acids is 1. The lowest BCUT2D eigenvalue weighted by atomic mass is 9.83. The molecule has 0 aromatic heterocycles. The molecule has 1 amide bonds.